The minimum absolute atomic E-state index is 0.00462. The van der Waals surface area contributed by atoms with Crippen LogP contribution < -0.4 is 5.56 Å². The molecule has 0 atom stereocenters. The Morgan fingerprint density at radius 3 is 2.92 bits per heavy atom. The highest BCUT2D eigenvalue weighted by Crippen LogP contribution is 2.26. The van der Waals surface area contributed by atoms with Crippen molar-refractivity contribution in [3.63, 3.8) is 0 Å². The molecule has 0 fully saturated rings. The fraction of sp³-hybridized carbons (Fsp3) is 0.118. The van der Waals surface area contributed by atoms with E-state index in [9.17, 15) is 9.90 Å². The lowest BCUT2D eigenvalue weighted by atomic mass is 10.2. The number of aromatic nitrogens is 2. The molecule has 3 heterocycles. The number of fused-ring (bicyclic) bond motifs is 1. The number of amidine groups is 1. The highest BCUT2D eigenvalue weighted by molar-refractivity contribution is 6.22. The first-order valence-electron chi connectivity index (χ1n) is 7.41. The van der Waals surface area contributed by atoms with Crippen molar-refractivity contribution in [2.75, 3.05) is 6.54 Å². The number of H-pyrrole nitrogens is 1. The van der Waals surface area contributed by atoms with Crippen LogP contribution in [0.25, 0.3) is 16.5 Å². The molecule has 120 valence electrons. The summed E-state index contributed by atoms with van der Waals surface area (Å²) >= 11 is 0. The molecule has 0 saturated carbocycles. The quantitative estimate of drug-likeness (QED) is 0.686. The Balaban J connectivity index is 1.72. The predicted octanol–water partition coefficient (Wildman–Crippen LogP) is 2.28. The second kappa shape index (κ2) is 5.38. The Kier molecular flexibility index (Phi) is 3.19. The number of rotatable bonds is 3. The van der Waals surface area contributed by atoms with Crippen molar-refractivity contribution >= 4 is 22.3 Å². The largest absolute Gasteiger partial charge is 0.510 e. The second-order valence-corrected chi connectivity index (χ2v) is 5.54. The first-order chi connectivity index (χ1) is 11.6. The molecule has 4 rings (SSSR count). The van der Waals surface area contributed by atoms with E-state index in [1.807, 2.05) is 0 Å². The van der Waals surface area contributed by atoms with E-state index in [-0.39, 0.29) is 35.1 Å². The Bertz CT molecular complexity index is 1020. The summed E-state index contributed by atoms with van der Waals surface area (Å²) in [7, 11) is 0. The van der Waals surface area contributed by atoms with Gasteiger partial charge in [0.05, 0.1) is 35.8 Å². The summed E-state index contributed by atoms with van der Waals surface area (Å²) in [6.07, 6.45) is 1.56. The molecule has 0 spiro atoms. The topological polar surface area (TPSA) is 106 Å². The third kappa shape index (κ3) is 2.26. The molecule has 0 bridgehead atoms. The average molecular weight is 322 g/mol. The van der Waals surface area contributed by atoms with Gasteiger partial charge < -0.3 is 19.4 Å². The fourth-order valence-electron chi connectivity index (χ4n) is 2.81. The van der Waals surface area contributed by atoms with E-state index in [0.717, 1.165) is 0 Å². The number of aliphatic hydroxyl groups excluding tert-OH is 1. The normalized spacial score (nSPS) is 14.8. The number of nitrogens with zero attached hydrogens (tertiary/aromatic N) is 2. The van der Waals surface area contributed by atoms with Crippen LogP contribution in [0.1, 0.15) is 11.6 Å². The van der Waals surface area contributed by atoms with E-state index in [2.05, 4.69) is 9.97 Å². The van der Waals surface area contributed by atoms with Gasteiger partial charge in [0, 0.05) is 0 Å². The molecular weight excluding hydrogens is 308 g/mol. The van der Waals surface area contributed by atoms with Gasteiger partial charge in [-0.3, -0.25) is 10.2 Å². The molecule has 0 aliphatic carbocycles. The van der Waals surface area contributed by atoms with Gasteiger partial charge in [0.15, 0.2) is 0 Å². The molecule has 0 radical (unpaired) electrons. The van der Waals surface area contributed by atoms with Crippen LogP contribution in [0.15, 0.2) is 57.6 Å². The Morgan fingerprint density at radius 2 is 2.12 bits per heavy atom. The Morgan fingerprint density at radius 1 is 1.29 bits per heavy atom. The van der Waals surface area contributed by atoms with Crippen molar-refractivity contribution < 1.29 is 9.52 Å². The van der Waals surface area contributed by atoms with Crippen LogP contribution in [-0.2, 0) is 6.54 Å². The first kappa shape index (κ1) is 14.3. The smallest absolute Gasteiger partial charge is 0.259 e. The lowest BCUT2D eigenvalue weighted by Gasteiger charge is -2.16. The van der Waals surface area contributed by atoms with Crippen LogP contribution in [0.4, 0.5) is 0 Å². The minimum atomic E-state index is -0.298. The van der Waals surface area contributed by atoms with Gasteiger partial charge in [-0.25, -0.2) is 4.98 Å². The fourth-order valence-corrected chi connectivity index (χ4v) is 2.81. The zero-order valence-corrected chi connectivity index (χ0v) is 12.6. The maximum Gasteiger partial charge on any atom is 0.259 e. The lowest BCUT2D eigenvalue weighted by Crippen LogP contribution is -2.26. The molecule has 24 heavy (non-hydrogen) atoms. The van der Waals surface area contributed by atoms with Gasteiger partial charge in [0.2, 0.25) is 0 Å². The van der Waals surface area contributed by atoms with Gasteiger partial charge in [0.1, 0.15) is 23.2 Å². The average Bonchev–Trinajstić information content (AvgIpc) is 3.16. The number of benzene rings is 1. The van der Waals surface area contributed by atoms with Crippen molar-refractivity contribution in [1.29, 1.82) is 5.41 Å². The van der Waals surface area contributed by atoms with Crippen LogP contribution in [0.5, 0.6) is 0 Å². The van der Waals surface area contributed by atoms with Gasteiger partial charge >= 0.3 is 0 Å². The van der Waals surface area contributed by atoms with Gasteiger partial charge in [-0.05, 0) is 24.3 Å². The van der Waals surface area contributed by atoms with Crippen molar-refractivity contribution in [2.24, 2.45) is 0 Å². The van der Waals surface area contributed by atoms with Gasteiger partial charge in [0.25, 0.3) is 5.56 Å². The molecule has 0 amide bonds. The molecule has 2 aromatic heterocycles. The molecule has 3 N–H and O–H groups in total. The third-order valence-corrected chi connectivity index (χ3v) is 3.96. The standard InChI is InChI=1S/C17H14N4O3/c18-15-14(13(22)9-21(15)8-10-4-3-7-24-10)16-19-12-6-2-1-5-11(12)17(23)20-16/h1-7,18,22H,8-9H2,(H,19,20,23). The molecule has 1 aliphatic rings. The Labute approximate surface area is 136 Å². The maximum atomic E-state index is 12.2. The van der Waals surface area contributed by atoms with E-state index >= 15 is 0 Å². The monoisotopic (exact) mass is 322 g/mol. The summed E-state index contributed by atoms with van der Waals surface area (Å²) in [4.78, 5) is 20.9. The molecule has 1 aliphatic heterocycles. The van der Waals surface area contributed by atoms with Crippen LogP contribution in [0.3, 0.4) is 0 Å². The molecule has 1 aromatic carbocycles. The van der Waals surface area contributed by atoms with E-state index in [1.54, 1.807) is 47.6 Å². The van der Waals surface area contributed by atoms with Crippen LogP contribution in [0, 0.1) is 5.41 Å². The van der Waals surface area contributed by atoms with Crippen molar-refractivity contribution in [3.8, 4) is 0 Å². The summed E-state index contributed by atoms with van der Waals surface area (Å²) in [5, 5.41) is 19.1. The molecule has 7 nitrogen and oxygen atoms in total. The number of hydrogen-bond acceptors (Lipinski definition) is 5. The van der Waals surface area contributed by atoms with Crippen LogP contribution in [-0.4, -0.2) is 32.4 Å². The zero-order valence-electron chi connectivity index (χ0n) is 12.6. The summed E-state index contributed by atoms with van der Waals surface area (Å²) in [6, 6.07) is 10.5. The van der Waals surface area contributed by atoms with E-state index in [1.165, 1.54) is 0 Å². The van der Waals surface area contributed by atoms with E-state index in [4.69, 9.17) is 9.83 Å². The number of aliphatic hydroxyl groups is 1. The van der Waals surface area contributed by atoms with Crippen LogP contribution >= 0.6 is 0 Å². The number of aromatic amines is 1. The number of furan rings is 1. The van der Waals surface area contributed by atoms with Crippen LogP contribution in [0.2, 0.25) is 0 Å². The molecule has 3 aromatic rings. The Hall–Kier alpha value is -3.35. The maximum absolute atomic E-state index is 12.2. The van der Waals surface area contributed by atoms with Crippen molar-refractivity contribution in [3.05, 3.63) is 70.4 Å². The lowest BCUT2D eigenvalue weighted by molar-refractivity contribution is 0.328. The molecule has 0 unspecified atom stereocenters. The van der Waals surface area contributed by atoms with Gasteiger partial charge in [-0.15, -0.1) is 0 Å². The summed E-state index contributed by atoms with van der Waals surface area (Å²) in [5.41, 5.74) is 0.464. The van der Waals surface area contributed by atoms with E-state index < -0.39 is 0 Å². The minimum Gasteiger partial charge on any atom is -0.510 e. The van der Waals surface area contributed by atoms with Gasteiger partial charge in [-0.1, -0.05) is 12.1 Å². The number of hydrogen-bond donors (Lipinski definition) is 3. The summed E-state index contributed by atoms with van der Waals surface area (Å²) in [6.45, 7) is 0.530. The highest BCUT2D eigenvalue weighted by Gasteiger charge is 2.30. The SMILES string of the molecule is N=C1C(c2nc3ccccc3c(=O)[nH]2)=C(O)CN1Cc1ccco1. The van der Waals surface area contributed by atoms with E-state index in [0.29, 0.717) is 23.2 Å². The third-order valence-electron chi connectivity index (χ3n) is 3.96. The molecule has 7 heteroatoms. The summed E-state index contributed by atoms with van der Waals surface area (Å²) < 4.78 is 5.28. The predicted molar refractivity (Wildman–Crippen MR) is 88.8 cm³/mol. The number of nitrogens with one attached hydrogen (secondary N) is 2. The molecule has 0 saturated heterocycles. The molecular formula is C17H14N4O3. The van der Waals surface area contributed by atoms with Gasteiger partial charge in [-0.2, -0.15) is 0 Å². The highest BCUT2D eigenvalue weighted by atomic mass is 16.3. The van der Waals surface area contributed by atoms with Crippen molar-refractivity contribution in [1.82, 2.24) is 14.9 Å². The number of para-hydroxylation sites is 1. The second-order valence-electron chi connectivity index (χ2n) is 5.54. The zero-order chi connectivity index (χ0) is 16.7. The summed E-state index contributed by atoms with van der Waals surface area (Å²) in [5.74, 6) is 0.990. The van der Waals surface area contributed by atoms with Crippen molar-refractivity contribution in [2.45, 2.75) is 6.54 Å². The first-order valence-corrected chi connectivity index (χ1v) is 7.41.